The number of alkyl halides is 3. The topological polar surface area (TPSA) is 66.5 Å². The lowest BCUT2D eigenvalue weighted by atomic mass is 10.2. The first-order valence-corrected chi connectivity index (χ1v) is 10.8. The number of amides is 1. The number of rotatable bonds is 6. The maximum atomic E-state index is 13.3. The molecule has 3 rings (SSSR count). The molecule has 0 unspecified atom stereocenters. The molecule has 5 nitrogen and oxygen atoms in total. The Morgan fingerprint density at radius 3 is 2.19 bits per heavy atom. The zero-order valence-electron chi connectivity index (χ0n) is 16.1. The fraction of sp³-hybridized carbons (Fsp3) is 0.0952. The molecule has 0 fully saturated rings. The molecule has 0 saturated carbocycles. The molecule has 0 aliphatic carbocycles. The summed E-state index contributed by atoms with van der Waals surface area (Å²) < 4.78 is 80.0. The highest BCUT2D eigenvalue weighted by atomic mass is 35.5. The summed E-state index contributed by atoms with van der Waals surface area (Å²) in [5.41, 5.74) is -1.47. The third-order valence-electron chi connectivity index (χ3n) is 4.29. The van der Waals surface area contributed by atoms with Crippen LogP contribution in [-0.4, -0.2) is 20.9 Å². The van der Waals surface area contributed by atoms with Gasteiger partial charge in [-0.05, 0) is 54.6 Å². The van der Waals surface area contributed by atoms with Crippen molar-refractivity contribution < 1.29 is 30.8 Å². The van der Waals surface area contributed by atoms with Crippen LogP contribution in [0.2, 0.25) is 5.02 Å². The smallest absolute Gasteiger partial charge is 0.325 e. The van der Waals surface area contributed by atoms with E-state index >= 15 is 0 Å². The van der Waals surface area contributed by atoms with Crippen LogP contribution < -0.4 is 9.62 Å². The average molecular weight is 487 g/mol. The number of nitrogens with one attached hydrogen (secondary N) is 1. The minimum atomic E-state index is -4.84. The Morgan fingerprint density at radius 1 is 0.969 bits per heavy atom. The number of carbonyl (C=O) groups is 1. The van der Waals surface area contributed by atoms with Gasteiger partial charge in [-0.1, -0.05) is 29.8 Å². The SMILES string of the molecule is O=C(CN(c1ccc(Cl)c(C(F)(F)F)c1)S(=O)(=O)c1ccccc1)Nc1ccc(F)cc1. The fourth-order valence-electron chi connectivity index (χ4n) is 2.78. The van der Waals surface area contributed by atoms with Crippen molar-refractivity contribution in [2.75, 3.05) is 16.2 Å². The van der Waals surface area contributed by atoms with Gasteiger partial charge < -0.3 is 5.32 Å². The number of sulfonamides is 1. The predicted octanol–water partition coefficient (Wildman–Crippen LogP) is 5.33. The molecule has 0 aliphatic heterocycles. The minimum Gasteiger partial charge on any atom is -0.325 e. The molecule has 168 valence electrons. The van der Waals surface area contributed by atoms with E-state index in [-0.39, 0.29) is 10.6 Å². The van der Waals surface area contributed by atoms with E-state index in [1.807, 2.05) is 0 Å². The van der Waals surface area contributed by atoms with Gasteiger partial charge in [0.2, 0.25) is 5.91 Å². The number of nitrogens with zero attached hydrogens (tertiary/aromatic N) is 1. The zero-order chi connectivity index (χ0) is 23.5. The van der Waals surface area contributed by atoms with Gasteiger partial charge in [0.25, 0.3) is 10.0 Å². The summed E-state index contributed by atoms with van der Waals surface area (Å²) in [5, 5.41) is 1.77. The number of benzene rings is 3. The second kappa shape index (κ2) is 9.17. The molecule has 0 spiro atoms. The van der Waals surface area contributed by atoms with Gasteiger partial charge in [-0.3, -0.25) is 9.10 Å². The normalized spacial score (nSPS) is 11.8. The maximum Gasteiger partial charge on any atom is 0.417 e. The van der Waals surface area contributed by atoms with Gasteiger partial charge in [0, 0.05) is 5.69 Å². The van der Waals surface area contributed by atoms with E-state index in [2.05, 4.69) is 5.32 Å². The van der Waals surface area contributed by atoms with Crippen molar-refractivity contribution in [3.8, 4) is 0 Å². The molecule has 0 radical (unpaired) electrons. The Labute approximate surface area is 186 Å². The van der Waals surface area contributed by atoms with Gasteiger partial charge in [-0.15, -0.1) is 0 Å². The van der Waals surface area contributed by atoms with Gasteiger partial charge in [0.05, 0.1) is 21.2 Å². The largest absolute Gasteiger partial charge is 0.417 e. The van der Waals surface area contributed by atoms with Crippen molar-refractivity contribution in [1.29, 1.82) is 0 Å². The molecule has 0 aliphatic rings. The van der Waals surface area contributed by atoms with Crippen LogP contribution >= 0.6 is 11.6 Å². The molecule has 3 aromatic rings. The van der Waals surface area contributed by atoms with E-state index in [9.17, 15) is 30.8 Å². The Balaban J connectivity index is 2.02. The van der Waals surface area contributed by atoms with Gasteiger partial charge in [0.1, 0.15) is 12.4 Å². The number of hydrogen-bond donors (Lipinski definition) is 1. The van der Waals surface area contributed by atoms with E-state index in [1.165, 1.54) is 36.4 Å². The van der Waals surface area contributed by atoms with E-state index < -0.39 is 50.7 Å². The molecule has 0 aromatic heterocycles. The molecule has 1 N–H and O–H groups in total. The van der Waals surface area contributed by atoms with Crippen molar-refractivity contribution >= 4 is 38.9 Å². The maximum absolute atomic E-state index is 13.3. The zero-order valence-corrected chi connectivity index (χ0v) is 17.7. The van der Waals surface area contributed by atoms with E-state index in [0.717, 1.165) is 24.3 Å². The van der Waals surface area contributed by atoms with Crippen molar-refractivity contribution in [1.82, 2.24) is 0 Å². The summed E-state index contributed by atoms with van der Waals surface area (Å²) >= 11 is 5.64. The van der Waals surface area contributed by atoms with Crippen LogP contribution in [-0.2, 0) is 21.0 Å². The number of carbonyl (C=O) groups excluding carboxylic acids is 1. The lowest BCUT2D eigenvalue weighted by Gasteiger charge is -2.25. The molecule has 1 amide bonds. The highest BCUT2D eigenvalue weighted by molar-refractivity contribution is 7.92. The molecule has 0 bridgehead atoms. The summed E-state index contributed by atoms with van der Waals surface area (Å²) in [7, 11) is -4.42. The third kappa shape index (κ3) is 5.38. The van der Waals surface area contributed by atoms with Crippen LogP contribution in [0.3, 0.4) is 0 Å². The molecule has 11 heteroatoms. The number of halogens is 5. The summed E-state index contributed by atoms with van der Waals surface area (Å²) in [5.74, 6) is -1.39. The lowest BCUT2D eigenvalue weighted by molar-refractivity contribution is -0.137. The molecule has 0 atom stereocenters. The lowest BCUT2D eigenvalue weighted by Crippen LogP contribution is -2.38. The number of hydrogen-bond acceptors (Lipinski definition) is 3. The van der Waals surface area contributed by atoms with Crippen LogP contribution in [0.5, 0.6) is 0 Å². The van der Waals surface area contributed by atoms with Crippen molar-refractivity contribution in [3.05, 3.63) is 89.2 Å². The molecule has 32 heavy (non-hydrogen) atoms. The Bertz CT molecular complexity index is 1220. The molecule has 0 saturated heterocycles. The monoisotopic (exact) mass is 486 g/mol. The van der Waals surface area contributed by atoms with Gasteiger partial charge >= 0.3 is 6.18 Å². The first kappa shape index (κ1) is 23.6. The second-order valence-electron chi connectivity index (χ2n) is 6.54. The molecule has 0 heterocycles. The molecule has 3 aromatic carbocycles. The Morgan fingerprint density at radius 2 is 1.59 bits per heavy atom. The van der Waals surface area contributed by atoms with E-state index in [1.54, 1.807) is 6.07 Å². The first-order chi connectivity index (χ1) is 15.0. The Kier molecular flexibility index (Phi) is 6.75. The van der Waals surface area contributed by atoms with Crippen LogP contribution in [0, 0.1) is 5.82 Å². The second-order valence-corrected chi connectivity index (χ2v) is 8.81. The standard InChI is InChI=1S/C21H15ClF4N2O3S/c22-19-11-10-16(12-18(19)21(24,25)26)28(32(30,31)17-4-2-1-3-5-17)13-20(29)27-15-8-6-14(23)7-9-15/h1-12H,13H2,(H,27,29). The van der Waals surface area contributed by atoms with Crippen molar-refractivity contribution in [3.63, 3.8) is 0 Å². The van der Waals surface area contributed by atoms with Crippen LogP contribution in [0.1, 0.15) is 5.56 Å². The summed E-state index contributed by atoms with van der Waals surface area (Å²) in [6.07, 6.45) is -4.84. The summed E-state index contributed by atoms with van der Waals surface area (Å²) in [6.45, 7) is -0.840. The van der Waals surface area contributed by atoms with Gasteiger partial charge in [-0.2, -0.15) is 13.2 Å². The summed E-state index contributed by atoms with van der Waals surface area (Å²) in [6, 6.07) is 14.2. The van der Waals surface area contributed by atoms with Crippen molar-refractivity contribution in [2.45, 2.75) is 11.1 Å². The summed E-state index contributed by atoms with van der Waals surface area (Å²) in [4.78, 5) is 12.3. The quantitative estimate of drug-likeness (QED) is 0.479. The Hall–Kier alpha value is -3.11. The van der Waals surface area contributed by atoms with Gasteiger partial charge in [0.15, 0.2) is 0 Å². The first-order valence-electron chi connectivity index (χ1n) is 8.98. The fourth-order valence-corrected chi connectivity index (χ4v) is 4.44. The van der Waals surface area contributed by atoms with Crippen LogP contribution in [0.15, 0.2) is 77.7 Å². The highest BCUT2D eigenvalue weighted by Crippen LogP contribution is 2.38. The average Bonchev–Trinajstić information content (AvgIpc) is 2.74. The highest BCUT2D eigenvalue weighted by Gasteiger charge is 2.35. The minimum absolute atomic E-state index is 0.181. The van der Waals surface area contributed by atoms with Gasteiger partial charge in [-0.25, -0.2) is 12.8 Å². The molecular weight excluding hydrogens is 472 g/mol. The van der Waals surface area contributed by atoms with Crippen LogP contribution in [0.25, 0.3) is 0 Å². The molecular formula is C21H15ClF4N2O3S. The van der Waals surface area contributed by atoms with E-state index in [0.29, 0.717) is 10.4 Å². The van der Waals surface area contributed by atoms with E-state index in [4.69, 9.17) is 11.6 Å². The number of anilines is 2. The van der Waals surface area contributed by atoms with Crippen LogP contribution in [0.4, 0.5) is 28.9 Å². The third-order valence-corrected chi connectivity index (χ3v) is 6.41. The van der Waals surface area contributed by atoms with Crippen molar-refractivity contribution in [2.24, 2.45) is 0 Å². The predicted molar refractivity (Wildman–Crippen MR) is 112 cm³/mol.